The van der Waals surface area contributed by atoms with Gasteiger partial charge in [0.1, 0.15) is 23.1 Å². The van der Waals surface area contributed by atoms with E-state index in [1.54, 1.807) is 6.26 Å². The van der Waals surface area contributed by atoms with E-state index in [4.69, 9.17) is 4.74 Å². The maximum atomic E-state index is 13.7. The fourth-order valence-corrected chi connectivity index (χ4v) is 2.94. The molecule has 0 aliphatic rings. The lowest BCUT2D eigenvalue weighted by Gasteiger charge is -2.15. The average molecular weight is 464 g/mol. The van der Waals surface area contributed by atoms with Gasteiger partial charge in [-0.25, -0.2) is 4.98 Å². The molecule has 0 aliphatic heterocycles. The largest absolute Gasteiger partial charge is 0.484 e. The van der Waals surface area contributed by atoms with Gasteiger partial charge < -0.3 is 9.47 Å². The molecule has 2 aromatic heterocycles. The summed E-state index contributed by atoms with van der Waals surface area (Å²) in [6, 6.07) is 6.87. The van der Waals surface area contributed by atoms with Gasteiger partial charge in [-0.15, -0.1) is 11.8 Å². The predicted molar refractivity (Wildman–Crippen MR) is 102 cm³/mol. The van der Waals surface area contributed by atoms with Crippen LogP contribution in [0.1, 0.15) is 5.69 Å². The minimum atomic E-state index is -4.95. The molecule has 3 aromatic rings. The number of fused-ring (bicyclic) bond motifs is 1. The highest BCUT2D eigenvalue weighted by Gasteiger charge is 2.38. The van der Waals surface area contributed by atoms with Crippen LogP contribution in [0, 0.1) is 0 Å². The number of alkyl halides is 6. The van der Waals surface area contributed by atoms with Crippen molar-refractivity contribution in [2.45, 2.75) is 12.4 Å². The molecular weight excluding hydrogens is 450 g/mol. The standard InChI is InChI=1S/C19H14F6N2O3S/c1-31-10-30-13-6-7-27-14(8-13)26-16(19(23,24)25)15(17(27)28)11-2-4-12(5-3-11)29-9-18(20,21)22/h2-8H,9-10H2,1H3. The zero-order chi connectivity index (χ0) is 22.8. The first-order chi connectivity index (χ1) is 14.5. The minimum absolute atomic E-state index is 0.165. The molecule has 2 heterocycles. The van der Waals surface area contributed by atoms with Crippen LogP contribution in [-0.4, -0.2) is 34.4 Å². The summed E-state index contributed by atoms with van der Waals surface area (Å²) in [5, 5.41) is 0. The highest BCUT2D eigenvalue weighted by molar-refractivity contribution is 7.98. The Balaban J connectivity index is 2.08. The molecule has 12 heteroatoms. The maximum Gasteiger partial charge on any atom is 0.434 e. The van der Waals surface area contributed by atoms with E-state index in [0.29, 0.717) is 0 Å². The minimum Gasteiger partial charge on any atom is -0.484 e. The smallest absolute Gasteiger partial charge is 0.434 e. The van der Waals surface area contributed by atoms with E-state index in [-0.39, 0.29) is 28.6 Å². The second-order valence-electron chi connectivity index (χ2n) is 6.21. The topological polar surface area (TPSA) is 52.8 Å². The van der Waals surface area contributed by atoms with Crippen molar-refractivity contribution in [3.05, 3.63) is 58.6 Å². The van der Waals surface area contributed by atoms with Crippen LogP contribution in [0.5, 0.6) is 11.5 Å². The first kappa shape index (κ1) is 22.8. The maximum absolute atomic E-state index is 13.7. The van der Waals surface area contributed by atoms with E-state index in [0.717, 1.165) is 28.7 Å². The molecule has 0 radical (unpaired) electrons. The van der Waals surface area contributed by atoms with Crippen LogP contribution >= 0.6 is 11.8 Å². The van der Waals surface area contributed by atoms with E-state index in [2.05, 4.69) is 9.72 Å². The van der Waals surface area contributed by atoms with E-state index < -0.39 is 35.8 Å². The zero-order valence-electron chi connectivity index (χ0n) is 15.8. The summed E-state index contributed by atoms with van der Waals surface area (Å²) in [4.78, 5) is 16.5. The van der Waals surface area contributed by atoms with E-state index in [1.165, 1.54) is 30.1 Å². The third kappa shape index (κ3) is 5.43. The van der Waals surface area contributed by atoms with Crippen molar-refractivity contribution in [1.82, 2.24) is 9.38 Å². The van der Waals surface area contributed by atoms with Crippen LogP contribution in [0.15, 0.2) is 47.4 Å². The number of nitrogens with zero attached hydrogens (tertiary/aromatic N) is 2. The Morgan fingerprint density at radius 1 is 1.00 bits per heavy atom. The molecule has 0 fully saturated rings. The van der Waals surface area contributed by atoms with Crippen LogP contribution in [0.25, 0.3) is 16.8 Å². The summed E-state index contributed by atoms with van der Waals surface area (Å²) in [5.74, 6) is 0.292. The summed E-state index contributed by atoms with van der Waals surface area (Å²) in [6.07, 6.45) is -6.51. The molecule has 0 saturated heterocycles. The Hall–Kier alpha value is -2.89. The number of pyridine rings is 1. The summed E-state index contributed by atoms with van der Waals surface area (Å²) in [5.41, 5.74) is -3.56. The van der Waals surface area contributed by atoms with Gasteiger partial charge in [-0.05, 0) is 30.0 Å². The second-order valence-corrected chi connectivity index (χ2v) is 7.02. The van der Waals surface area contributed by atoms with Gasteiger partial charge >= 0.3 is 12.4 Å². The van der Waals surface area contributed by atoms with Gasteiger partial charge in [0.2, 0.25) is 0 Å². The van der Waals surface area contributed by atoms with Crippen molar-refractivity contribution in [3.8, 4) is 22.6 Å². The lowest BCUT2D eigenvalue weighted by Crippen LogP contribution is -2.24. The zero-order valence-corrected chi connectivity index (χ0v) is 16.6. The molecule has 5 nitrogen and oxygen atoms in total. The molecule has 0 bridgehead atoms. The van der Waals surface area contributed by atoms with Gasteiger partial charge in [0, 0.05) is 12.3 Å². The third-order valence-corrected chi connectivity index (χ3v) is 4.31. The molecule has 0 amide bonds. The van der Waals surface area contributed by atoms with Crippen molar-refractivity contribution in [1.29, 1.82) is 0 Å². The van der Waals surface area contributed by atoms with Crippen LogP contribution in [0.4, 0.5) is 26.3 Å². The Labute approximate surface area is 175 Å². The van der Waals surface area contributed by atoms with E-state index in [1.807, 2.05) is 0 Å². The van der Waals surface area contributed by atoms with Gasteiger partial charge in [-0.3, -0.25) is 9.20 Å². The number of hydrogen-bond acceptors (Lipinski definition) is 5. The third-order valence-electron chi connectivity index (χ3n) is 3.96. The summed E-state index contributed by atoms with van der Waals surface area (Å²) < 4.78 is 88.6. The van der Waals surface area contributed by atoms with Gasteiger partial charge in [0.05, 0.1) is 5.56 Å². The molecule has 1 aromatic carbocycles. The number of thioether (sulfide) groups is 1. The fourth-order valence-electron chi connectivity index (χ4n) is 2.68. The number of hydrogen-bond donors (Lipinski definition) is 0. The molecule has 0 atom stereocenters. The molecule has 0 aliphatic carbocycles. The van der Waals surface area contributed by atoms with E-state index >= 15 is 0 Å². The van der Waals surface area contributed by atoms with Crippen molar-refractivity contribution >= 4 is 17.4 Å². The van der Waals surface area contributed by atoms with Crippen molar-refractivity contribution < 1.29 is 35.8 Å². The van der Waals surface area contributed by atoms with Crippen LogP contribution in [-0.2, 0) is 6.18 Å². The molecule has 166 valence electrons. The first-order valence-electron chi connectivity index (χ1n) is 8.55. The van der Waals surface area contributed by atoms with Gasteiger partial charge in [-0.2, -0.15) is 26.3 Å². The Morgan fingerprint density at radius 2 is 1.68 bits per heavy atom. The van der Waals surface area contributed by atoms with Crippen molar-refractivity contribution in [3.63, 3.8) is 0 Å². The monoisotopic (exact) mass is 464 g/mol. The Bertz CT molecular complexity index is 1130. The highest BCUT2D eigenvalue weighted by Crippen LogP contribution is 2.35. The number of benzene rings is 1. The first-order valence-corrected chi connectivity index (χ1v) is 9.94. The Kier molecular flexibility index (Phi) is 6.39. The van der Waals surface area contributed by atoms with Gasteiger partial charge in [-0.1, -0.05) is 12.1 Å². The van der Waals surface area contributed by atoms with Crippen LogP contribution in [0.2, 0.25) is 0 Å². The molecule has 0 N–H and O–H groups in total. The molecular formula is C19H14F6N2O3S. The van der Waals surface area contributed by atoms with Crippen molar-refractivity contribution in [2.75, 3.05) is 18.8 Å². The lowest BCUT2D eigenvalue weighted by atomic mass is 10.0. The summed E-state index contributed by atoms with van der Waals surface area (Å²) in [6.45, 7) is -1.55. The SMILES string of the molecule is CSCOc1ccn2c(=O)c(-c3ccc(OCC(F)(F)F)cc3)c(C(F)(F)F)nc2c1. The van der Waals surface area contributed by atoms with Gasteiger partial charge in [0.25, 0.3) is 5.56 Å². The fraction of sp³-hybridized carbons (Fsp3) is 0.263. The average Bonchev–Trinajstić information content (AvgIpc) is 2.69. The quantitative estimate of drug-likeness (QED) is 0.379. The van der Waals surface area contributed by atoms with E-state index in [9.17, 15) is 31.1 Å². The molecule has 0 unspecified atom stereocenters. The summed E-state index contributed by atoms with van der Waals surface area (Å²) in [7, 11) is 0. The molecule has 3 rings (SSSR count). The molecule has 0 spiro atoms. The van der Waals surface area contributed by atoms with Crippen LogP contribution in [0.3, 0.4) is 0 Å². The molecule has 0 saturated carbocycles. The number of halogens is 6. The van der Waals surface area contributed by atoms with Crippen molar-refractivity contribution in [2.24, 2.45) is 0 Å². The molecule has 31 heavy (non-hydrogen) atoms. The highest BCUT2D eigenvalue weighted by atomic mass is 32.2. The number of ether oxygens (including phenoxy) is 2. The lowest BCUT2D eigenvalue weighted by molar-refractivity contribution is -0.153. The number of aromatic nitrogens is 2. The summed E-state index contributed by atoms with van der Waals surface area (Å²) >= 11 is 1.35. The predicted octanol–water partition coefficient (Wildman–Crippen LogP) is 5.02. The normalized spacial score (nSPS) is 12.2. The van der Waals surface area contributed by atoms with Crippen LogP contribution < -0.4 is 15.0 Å². The Morgan fingerprint density at radius 3 is 2.26 bits per heavy atom. The second kappa shape index (κ2) is 8.69. The number of rotatable bonds is 6. The van der Waals surface area contributed by atoms with Gasteiger partial charge in [0.15, 0.2) is 12.3 Å².